The van der Waals surface area contributed by atoms with Gasteiger partial charge < -0.3 is 18.8 Å². The maximum Gasteiger partial charge on any atom is 0.466 e. The molecule has 1 aliphatic heterocycles. The van der Waals surface area contributed by atoms with Crippen molar-refractivity contribution in [3.8, 4) is 18.1 Å². The van der Waals surface area contributed by atoms with Crippen molar-refractivity contribution in [1.29, 1.82) is 0 Å². The molecule has 0 radical (unpaired) electrons. The summed E-state index contributed by atoms with van der Waals surface area (Å²) in [6.45, 7) is 10.3. The van der Waals surface area contributed by atoms with Crippen LogP contribution < -0.4 is 4.74 Å². The van der Waals surface area contributed by atoms with Crippen LogP contribution in [0, 0.1) is 12.3 Å². The largest absolute Gasteiger partial charge is 0.481 e. The average molecular weight is 358 g/mol. The van der Waals surface area contributed by atoms with Crippen LogP contribution in [0.5, 0.6) is 5.75 Å². The molecule has 0 saturated carbocycles. The van der Waals surface area contributed by atoms with Crippen molar-refractivity contribution in [3.63, 3.8) is 0 Å². The minimum absolute atomic E-state index is 0.176. The second kappa shape index (κ2) is 8.15. The van der Waals surface area contributed by atoms with Crippen molar-refractivity contribution < 1.29 is 23.6 Å². The molecule has 2 rings (SSSR count). The lowest BCUT2D eigenvalue weighted by molar-refractivity contribution is -0.143. The molecular weight excluding hydrogens is 331 g/mol. The van der Waals surface area contributed by atoms with Crippen molar-refractivity contribution in [1.82, 2.24) is 0 Å². The Kier molecular flexibility index (Phi) is 6.38. The molecule has 0 bridgehead atoms. The summed E-state index contributed by atoms with van der Waals surface area (Å²) >= 11 is 0. The second-order valence-corrected chi connectivity index (χ2v) is 7.30. The van der Waals surface area contributed by atoms with Gasteiger partial charge in [-0.1, -0.05) is 18.1 Å². The van der Waals surface area contributed by atoms with E-state index in [1.807, 2.05) is 52.0 Å². The van der Waals surface area contributed by atoms with Gasteiger partial charge in [-0.2, -0.15) is 0 Å². The Labute approximate surface area is 156 Å². The van der Waals surface area contributed by atoms with Gasteiger partial charge in [0.1, 0.15) is 12.4 Å². The van der Waals surface area contributed by atoms with Gasteiger partial charge in [-0.25, -0.2) is 0 Å². The van der Waals surface area contributed by atoms with Crippen LogP contribution in [-0.2, 0) is 18.8 Å². The number of carbonyl (C=O) groups is 1. The minimum Gasteiger partial charge on any atom is -0.481 e. The van der Waals surface area contributed by atoms with Crippen molar-refractivity contribution in [2.75, 3.05) is 13.2 Å². The third-order valence-corrected chi connectivity index (χ3v) is 4.92. The summed E-state index contributed by atoms with van der Waals surface area (Å²) in [4.78, 5) is 12.1. The maximum absolute atomic E-state index is 12.1. The van der Waals surface area contributed by atoms with Crippen molar-refractivity contribution in [2.24, 2.45) is 0 Å². The van der Waals surface area contributed by atoms with Crippen LogP contribution in [0.25, 0.3) is 0 Å². The van der Waals surface area contributed by atoms with E-state index in [-0.39, 0.29) is 24.8 Å². The molecule has 0 aliphatic carbocycles. The summed E-state index contributed by atoms with van der Waals surface area (Å²) in [5.74, 6) is 2.55. The lowest BCUT2D eigenvalue weighted by atomic mass is 9.66. The Morgan fingerprint density at radius 2 is 1.77 bits per heavy atom. The quantitative estimate of drug-likeness (QED) is 0.425. The fourth-order valence-corrected chi connectivity index (χ4v) is 2.76. The first-order chi connectivity index (χ1) is 12.2. The van der Waals surface area contributed by atoms with Gasteiger partial charge >= 0.3 is 13.1 Å². The van der Waals surface area contributed by atoms with Crippen LogP contribution in [0.3, 0.4) is 0 Å². The Balaban J connectivity index is 2.24. The molecule has 1 unspecified atom stereocenters. The summed E-state index contributed by atoms with van der Waals surface area (Å²) in [7, 11) is -0.540. The van der Waals surface area contributed by atoms with E-state index in [0.29, 0.717) is 12.4 Å². The summed E-state index contributed by atoms with van der Waals surface area (Å²) in [5, 5.41) is 0. The topological polar surface area (TPSA) is 54.0 Å². The molecule has 0 spiro atoms. The molecule has 1 heterocycles. The Morgan fingerprint density at radius 1 is 1.19 bits per heavy atom. The minimum atomic E-state index is -0.540. The second-order valence-electron chi connectivity index (χ2n) is 7.30. The Morgan fingerprint density at radius 3 is 2.27 bits per heavy atom. The number of benzene rings is 1. The van der Waals surface area contributed by atoms with E-state index in [1.165, 1.54) is 0 Å². The van der Waals surface area contributed by atoms with Crippen LogP contribution in [0.4, 0.5) is 0 Å². The van der Waals surface area contributed by atoms with E-state index in [1.54, 1.807) is 6.92 Å². The van der Waals surface area contributed by atoms with Gasteiger partial charge in [-0.05, 0) is 52.3 Å². The number of esters is 1. The smallest absolute Gasteiger partial charge is 0.466 e. The maximum atomic E-state index is 12.1. The van der Waals surface area contributed by atoms with E-state index >= 15 is 0 Å². The molecule has 0 amide bonds. The first kappa shape index (κ1) is 20.3. The zero-order valence-electron chi connectivity index (χ0n) is 16.2. The molecule has 26 heavy (non-hydrogen) atoms. The molecule has 6 heteroatoms. The summed E-state index contributed by atoms with van der Waals surface area (Å²) < 4.78 is 22.9. The molecule has 1 atom stereocenters. The van der Waals surface area contributed by atoms with E-state index in [4.69, 9.17) is 25.2 Å². The highest BCUT2D eigenvalue weighted by Gasteiger charge is 2.54. The van der Waals surface area contributed by atoms with Gasteiger partial charge in [0.25, 0.3) is 0 Å². The molecule has 1 fully saturated rings. The van der Waals surface area contributed by atoms with Gasteiger partial charge in [0.15, 0.2) is 0 Å². The third-order valence-electron chi connectivity index (χ3n) is 4.92. The lowest BCUT2D eigenvalue weighted by Gasteiger charge is -2.32. The number of hydrogen-bond donors (Lipinski definition) is 0. The van der Waals surface area contributed by atoms with E-state index < -0.39 is 18.3 Å². The summed E-state index contributed by atoms with van der Waals surface area (Å²) in [6.07, 6.45) is 5.39. The van der Waals surface area contributed by atoms with Crippen LogP contribution in [0.1, 0.15) is 52.4 Å². The number of hydrogen-bond acceptors (Lipinski definition) is 5. The molecule has 1 saturated heterocycles. The first-order valence-corrected chi connectivity index (χ1v) is 8.87. The zero-order valence-corrected chi connectivity index (χ0v) is 16.2. The highest BCUT2D eigenvalue weighted by molar-refractivity contribution is 6.48. The van der Waals surface area contributed by atoms with Crippen molar-refractivity contribution in [2.45, 2.75) is 58.1 Å². The van der Waals surface area contributed by atoms with Gasteiger partial charge in [-0.3, -0.25) is 4.79 Å². The highest BCUT2D eigenvalue weighted by Crippen LogP contribution is 2.42. The Hall–Kier alpha value is -1.97. The number of ether oxygens (including phenoxy) is 2. The van der Waals surface area contributed by atoms with Gasteiger partial charge in [-0.15, -0.1) is 6.42 Å². The van der Waals surface area contributed by atoms with Gasteiger partial charge in [0, 0.05) is 5.82 Å². The number of terminal acetylenes is 1. The first-order valence-electron chi connectivity index (χ1n) is 8.87. The molecule has 1 aliphatic rings. The standard InChI is InChI=1S/C20H27BO5/c1-7-13-24-16-11-9-15(10-12-16)17(14-18(22)23-8-2)21-25-19(3,4)20(5,6)26-21/h1,9-12,17H,8,13-14H2,2-6H3. The van der Waals surface area contributed by atoms with Gasteiger partial charge in [0.2, 0.25) is 0 Å². The predicted octanol–water partition coefficient (Wildman–Crippen LogP) is 3.37. The van der Waals surface area contributed by atoms with Crippen LogP contribution >= 0.6 is 0 Å². The molecule has 1 aromatic rings. The van der Waals surface area contributed by atoms with E-state index in [9.17, 15) is 4.79 Å². The highest BCUT2D eigenvalue weighted by atomic mass is 16.7. The fraction of sp³-hybridized carbons (Fsp3) is 0.550. The molecule has 5 nitrogen and oxygen atoms in total. The monoisotopic (exact) mass is 358 g/mol. The van der Waals surface area contributed by atoms with Gasteiger partial charge in [0.05, 0.1) is 24.2 Å². The van der Waals surface area contributed by atoms with E-state index in [2.05, 4.69) is 5.92 Å². The van der Waals surface area contributed by atoms with Crippen LogP contribution in [0.2, 0.25) is 0 Å². The molecule has 0 N–H and O–H groups in total. The summed E-state index contributed by atoms with van der Waals surface area (Å²) in [5.41, 5.74) is -0.0227. The van der Waals surface area contributed by atoms with E-state index in [0.717, 1.165) is 5.56 Å². The van der Waals surface area contributed by atoms with Crippen LogP contribution in [-0.4, -0.2) is 37.5 Å². The number of carbonyl (C=O) groups excluding carboxylic acids is 1. The number of rotatable bonds is 7. The molecule has 140 valence electrons. The van der Waals surface area contributed by atoms with Crippen molar-refractivity contribution in [3.05, 3.63) is 29.8 Å². The van der Waals surface area contributed by atoms with Crippen molar-refractivity contribution >= 4 is 13.1 Å². The third kappa shape index (κ3) is 4.60. The predicted molar refractivity (Wildman–Crippen MR) is 101 cm³/mol. The van der Waals surface area contributed by atoms with Crippen LogP contribution in [0.15, 0.2) is 24.3 Å². The molecule has 1 aromatic carbocycles. The SMILES string of the molecule is C#CCOc1ccc(C(CC(=O)OCC)B2OC(C)(C)C(C)(C)O2)cc1. The zero-order chi connectivity index (χ0) is 19.4. The Bertz CT molecular complexity index is 644. The summed E-state index contributed by atoms with van der Waals surface area (Å²) in [6, 6.07) is 7.47. The fourth-order valence-electron chi connectivity index (χ4n) is 2.76. The normalized spacial score (nSPS) is 18.8. The molecule has 0 aromatic heterocycles. The average Bonchev–Trinajstić information content (AvgIpc) is 2.79. The lowest BCUT2D eigenvalue weighted by Crippen LogP contribution is -2.41. The molecular formula is C20H27BO5.